The number of carbonyl (C=O) groups is 1. The fraction of sp³-hybridized carbons (Fsp3) is 0.538. The molecule has 0 aliphatic heterocycles. The van der Waals surface area contributed by atoms with Gasteiger partial charge < -0.3 is 15.4 Å². The lowest BCUT2D eigenvalue weighted by atomic mass is 10.1. The molecule has 1 atom stereocenters. The summed E-state index contributed by atoms with van der Waals surface area (Å²) in [6.07, 6.45) is 3.14. The predicted molar refractivity (Wildman–Crippen MR) is 70.6 cm³/mol. The van der Waals surface area contributed by atoms with E-state index in [1.165, 1.54) is 7.11 Å². The molecule has 2 N–H and O–H groups in total. The molecule has 0 spiro atoms. The van der Waals surface area contributed by atoms with Crippen molar-refractivity contribution in [3.8, 4) is 5.75 Å². The van der Waals surface area contributed by atoms with Crippen molar-refractivity contribution in [1.82, 2.24) is 9.88 Å². The fourth-order valence-electron chi connectivity index (χ4n) is 1.70. The molecule has 0 fully saturated rings. The number of methoxy groups -OCH3 is 1. The zero-order chi connectivity index (χ0) is 13.5. The Morgan fingerprint density at radius 1 is 1.61 bits per heavy atom. The van der Waals surface area contributed by atoms with E-state index >= 15 is 0 Å². The Morgan fingerprint density at radius 3 is 2.89 bits per heavy atom. The van der Waals surface area contributed by atoms with Crippen molar-refractivity contribution in [2.75, 3.05) is 26.7 Å². The molecule has 1 amide bonds. The molecular formula is C13H21N3O2. The van der Waals surface area contributed by atoms with Crippen LogP contribution in [0.1, 0.15) is 24.2 Å². The summed E-state index contributed by atoms with van der Waals surface area (Å²) in [6.45, 7) is 5.84. The first-order valence-electron chi connectivity index (χ1n) is 6.11. The van der Waals surface area contributed by atoms with Crippen LogP contribution in [-0.2, 0) is 0 Å². The zero-order valence-corrected chi connectivity index (χ0v) is 11.2. The van der Waals surface area contributed by atoms with Gasteiger partial charge in [-0.05, 0) is 25.5 Å². The van der Waals surface area contributed by atoms with Crippen molar-refractivity contribution in [3.63, 3.8) is 0 Å². The number of nitrogens with two attached hydrogens (primary N) is 1. The van der Waals surface area contributed by atoms with Crippen molar-refractivity contribution in [3.05, 3.63) is 24.0 Å². The summed E-state index contributed by atoms with van der Waals surface area (Å²) in [4.78, 5) is 18.1. The van der Waals surface area contributed by atoms with Gasteiger partial charge in [0.15, 0.2) is 0 Å². The van der Waals surface area contributed by atoms with E-state index in [4.69, 9.17) is 10.5 Å². The standard InChI is InChI=1S/C13H21N3O2/c1-4-16(9-10(2)7-14)13(17)11-5-6-15-8-12(11)18-3/h5-6,8,10H,4,7,9,14H2,1-3H3. The molecule has 5 nitrogen and oxygen atoms in total. The SMILES string of the molecule is CCN(CC(C)CN)C(=O)c1ccncc1OC. The molecular weight excluding hydrogens is 230 g/mol. The summed E-state index contributed by atoms with van der Waals surface area (Å²) in [7, 11) is 1.53. The average Bonchev–Trinajstić information content (AvgIpc) is 2.43. The highest BCUT2D eigenvalue weighted by Gasteiger charge is 2.19. The van der Waals surface area contributed by atoms with Crippen LogP contribution in [-0.4, -0.2) is 42.5 Å². The van der Waals surface area contributed by atoms with Crippen LogP contribution in [0.25, 0.3) is 0 Å². The summed E-state index contributed by atoms with van der Waals surface area (Å²) in [5, 5.41) is 0. The van der Waals surface area contributed by atoms with Crippen molar-refractivity contribution in [2.45, 2.75) is 13.8 Å². The van der Waals surface area contributed by atoms with Crippen LogP contribution in [0.5, 0.6) is 5.75 Å². The zero-order valence-electron chi connectivity index (χ0n) is 11.2. The van der Waals surface area contributed by atoms with Gasteiger partial charge in [0.05, 0.1) is 18.9 Å². The summed E-state index contributed by atoms with van der Waals surface area (Å²) in [6, 6.07) is 1.68. The van der Waals surface area contributed by atoms with E-state index in [1.807, 2.05) is 13.8 Å². The molecule has 0 saturated heterocycles. The number of hydrogen-bond acceptors (Lipinski definition) is 4. The number of aromatic nitrogens is 1. The average molecular weight is 251 g/mol. The lowest BCUT2D eigenvalue weighted by molar-refractivity contribution is 0.0740. The van der Waals surface area contributed by atoms with Crippen molar-refractivity contribution < 1.29 is 9.53 Å². The van der Waals surface area contributed by atoms with Crippen LogP contribution in [0.3, 0.4) is 0 Å². The van der Waals surface area contributed by atoms with E-state index in [2.05, 4.69) is 4.98 Å². The molecule has 1 aromatic heterocycles. The third-order valence-corrected chi connectivity index (χ3v) is 2.84. The number of ether oxygens (including phenoxy) is 1. The Morgan fingerprint density at radius 2 is 2.33 bits per heavy atom. The van der Waals surface area contributed by atoms with Crippen molar-refractivity contribution in [2.24, 2.45) is 11.7 Å². The number of carbonyl (C=O) groups excluding carboxylic acids is 1. The van der Waals surface area contributed by atoms with E-state index in [9.17, 15) is 4.79 Å². The molecule has 1 rings (SSSR count). The fourth-order valence-corrected chi connectivity index (χ4v) is 1.70. The van der Waals surface area contributed by atoms with Crippen LogP contribution in [0.15, 0.2) is 18.5 Å². The van der Waals surface area contributed by atoms with E-state index in [0.717, 1.165) is 0 Å². The van der Waals surface area contributed by atoms with E-state index in [-0.39, 0.29) is 11.8 Å². The van der Waals surface area contributed by atoms with Gasteiger partial charge in [-0.1, -0.05) is 6.92 Å². The number of amides is 1. The minimum absolute atomic E-state index is 0.0444. The van der Waals surface area contributed by atoms with Crippen LogP contribution >= 0.6 is 0 Å². The number of hydrogen-bond donors (Lipinski definition) is 1. The van der Waals surface area contributed by atoms with E-state index in [1.54, 1.807) is 23.4 Å². The van der Waals surface area contributed by atoms with Gasteiger partial charge in [0.25, 0.3) is 5.91 Å². The smallest absolute Gasteiger partial charge is 0.257 e. The van der Waals surface area contributed by atoms with Crippen LogP contribution < -0.4 is 10.5 Å². The molecule has 1 aromatic rings. The second-order valence-corrected chi connectivity index (χ2v) is 4.26. The molecule has 100 valence electrons. The van der Waals surface area contributed by atoms with Gasteiger partial charge in [-0.3, -0.25) is 9.78 Å². The molecule has 0 aliphatic carbocycles. The van der Waals surface area contributed by atoms with Crippen LogP contribution in [0.4, 0.5) is 0 Å². The highest BCUT2D eigenvalue weighted by Crippen LogP contribution is 2.18. The minimum atomic E-state index is -0.0444. The highest BCUT2D eigenvalue weighted by atomic mass is 16.5. The Kier molecular flexibility index (Phi) is 5.58. The first-order chi connectivity index (χ1) is 8.63. The maximum atomic E-state index is 12.4. The van der Waals surface area contributed by atoms with Gasteiger partial charge in [-0.15, -0.1) is 0 Å². The van der Waals surface area contributed by atoms with Crippen molar-refractivity contribution in [1.29, 1.82) is 0 Å². The minimum Gasteiger partial charge on any atom is -0.494 e. The maximum Gasteiger partial charge on any atom is 0.257 e. The molecule has 1 heterocycles. The predicted octanol–water partition coefficient (Wildman–Crippen LogP) is 1.15. The number of nitrogens with zero attached hydrogens (tertiary/aromatic N) is 2. The molecule has 5 heteroatoms. The topological polar surface area (TPSA) is 68.5 Å². The highest BCUT2D eigenvalue weighted by molar-refractivity contribution is 5.96. The van der Waals surface area contributed by atoms with Gasteiger partial charge >= 0.3 is 0 Å². The largest absolute Gasteiger partial charge is 0.494 e. The van der Waals surface area contributed by atoms with Crippen LogP contribution in [0, 0.1) is 5.92 Å². The molecule has 0 radical (unpaired) electrons. The molecule has 0 aromatic carbocycles. The van der Waals surface area contributed by atoms with Gasteiger partial charge in [0.1, 0.15) is 5.75 Å². The first-order valence-corrected chi connectivity index (χ1v) is 6.11. The number of pyridine rings is 1. The monoisotopic (exact) mass is 251 g/mol. The van der Waals surface area contributed by atoms with E-state index < -0.39 is 0 Å². The Labute approximate surface area is 108 Å². The summed E-state index contributed by atoms with van der Waals surface area (Å²) in [5.74, 6) is 0.736. The van der Waals surface area contributed by atoms with Gasteiger partial charge in [-0.2, -0.15) is 0 Å². The lowest BCUT2D eigenvalue weighted by Gasteiger charge is -2.24. The lowest BCUT2D eigenvalue weighted by Crippen LogP contribution is -2.36. The normalized spacial score (nSPS) is 12.0. The second kappa shape index (κ2) is 6.96. The number of rotatable bonds is 6. The van der Waals surface area contributed by atoms with Gasteiger partial charge in [0, 0.05) is 19.3 Å². The van der Waals surface area contributed by atoms with Crippen LogP contribution in [0.2, 0.25) is 0 Å². The second-order valence-electron chi connectivity index (χ2n) is 4.26. The Hall–Kier alpha value is -1.62. The molecule has 0 aliphatic rings. The first kappa shape index (κ1) is 14.4. The quantitative estimate of drug-likeness (QED) is 0.823. The molecule has 18 heavy (non-hydrogen) atoms. The third kappa shape index (κ3) is 3.43. The van der Waals surface area contributed by atoms with Gasteiger partial charge in [0.2, 0.25) is 0 Å². The van der Waals surface area contributed by atoms with Gasteiger partial charge in [-0.25, -0.2) is 0 Å². The van der Waals surface area contributed by atoms with E-state index in [0.29, 0.717) is 30.9 Å². The third-order valence-electron chi connectivity index (χ3n) is 2.84. The summed E-state index contributed by atoms with van der Waals surface area (Å²) in [5.41, 5.74) is 6.14. The molecule has 1 unspecified atom stereocenters. The maximum absolute atomic E-state index is 12.4. The Balaban J connectivity index is 2.89. The molecule has 0 saturated carbocycles. The molecule has 0 bridgehead atoms. The Bertz CT molecular complexity index is 396. The summed E-state index contributed by atoms with van der Waals surface area (Å²) >= 11 is 0. The summed E-state index contributed by atoms with van der Waals surface area (Å²) < 4.78 is 5.16. The van der Waals surface area contributed by atoms with Crippen molar-refractivity contribution >= 4 is 5.91 Å².